The van der Waals surface area contributed by atoms with E-state index in [9.17, 15) is 17.6 Å². The van der Waals surface area contributed by atoms with Crippen LogP contribution in [0.5, 0.6) is 0 Å². The molecule has 0 saturated heterocycles. The number of halogens is 4. The van der Waals surface area contributed by atoms with Gasteiger partial charge in [-0.15, -0.1) is 0 Å². The second-order valence-corrected chi connectivity index (χ2v) is 3.92. The van der Waals surface area contributed by atoms with Crippen molar-refractivity contribution in [3.63, 3.8) is 0 Å². The van der Waals surface area contributed by atoms with E-state index < -0.39 is 17.6 Å². The maximum Gasteiger partial charge on any atom is 0.416 e. The van der Waals surface area contributed by atoms with Crippen molar-refractivity contribution in [1.29, 1.82) is 0 Å². The molecule has 0 unspecified atom stereocenters. The average molecular weight is 290 g/mol. The minimum absolute atomic E-state index is 0.160. The van der Waals surface area contributed by atoms with E-state index in [4.69, 9.17) is 5.73 Å². The van der Waals surface area contributed by atoms with Gasteiger partial charge in [-0.05, 0) is 30.4 Å². The molecule has 0 fully saturated rings. The van der Waals surface area contributed by atoms with Gasteiger partial charge < -0.3 is 10.7 Å². The van der Waals surface area contributed by atoms with Gasteiger partial charge in [0, 0.05) is 0 Å². The van der Waals surface area contributed by atoms with Gasteiger partial charge in [-0.2, -0.15) is 18.2 Å². The predicted octanol–water partition coefficient (Wildman–Crippen LogP) is 2.94. The number of aromatic nitrogens is 3. The first-order chi connectivity index (χ1) is 8.77. The molecule has 0 atom stereocenters. The van der Waals surface area contributed by atoms with E-state index in [0.29, 0.717) is 18.2 Å². The van der Waals surface area contributed by atoms with E-state index in [1.165, 1.54) is 0 Å². The van der Waals surface area contributed by atoms with Crippen molar-refractivity contribution in [2.75, 3.05) is 5.73 Å². The zero-order chi connectivity index (χ0) is 14.2. The summed E-state index contributed by atoms with van der Waals surface area (Å²) in [5.41, 5.74) is 3.97. The molecule has 0 radical (unpaired) electrons. The zero-order valence-electron chi connectivity index (χ0n) is 9.12. The fraction of sp³-hybridized carbons (Fsp3) is 0.100. The van der Waals surface area contributed by atoms with E-state index in [1.54, 1.807) is 0 Å². The Morgan fingerprint density at radius 1 is 1.21 bits per heavy atom. The third-order valence-electron chi connectivity index (χ3n) is 2.22. The van der Waals surface area contributed by atoms with Gasteiger partial charge >= 0.3 is 6.18 Å². The van der Waals surface area contributed by atoms with Crippen molar-refractivity contribution in [3.05, 3.63) is 34.4 Å². The van der Waals surface area contributed by atoms with E-state index in [-0.39, 0.29) is 22.1 Å². The molecular formula is C10H6F4N4S. The number of anilines is 1. The van der Waals surface area contributed by atoms with Crippen molar-refractivity contribution in [1.82, 2.24) is 15.0 Å². The minimum Gasteiger partial charge on any atom is -0.369 e. The van der Waals surface area contributed by atoms with Crippen LogP contribution in [0.2, 0.25) is 0 Å². The van der Waals surface area contributed by atoms with Crippen LogP contribution in [0.15, 0.2) is 18.2 Å². The summed E-state index contributed by atoms with van der Waals surface area (Å²) in [5, 5.41) is 0. The summed E-state index contributed by atoms with van der Waals surface area (Å²) < 4.78 is 51.1. The first kappa shape index (κ1) is 13.4. The molecule has 19 heavy (non-hydrogen) atoms. The van der Waals surface area contributed by atoms with Crippen molar-refractivity contribution < 1.29 is 17.6 Å². The first-order valence-corrected chi connectivity index (χ1v) is 5.29. The van der Waals surface area contributed by atoms with Crippen LogP contribution in [0.3, 0.4) is 0 Å². The van der Waals surface area contributed by atoms with Crippen LogP contribution >= 0.6 is 12.2 Å². The van der Waals surface area contributed by atoms with Gasteiger partial charge in [0.25, 0.3) is 0 Å². The molecule has 4 nitrogen and oxygen atoms in total. The molecule has 1 aromatic carbocycles. The van der Waals surface area contributed by atoms with Gasteiger partial charge in [-0.25, -0.2) is 9.37 Å². The second-order valence-electron chi connectivity index (χ2n) is 3.56. The Kier molecular flexibility index (Phi) is 3.23. The molecule has 1 heterocycles. The second kappa shape index (κ2) is 4.57. The van der Waals surface area contributed by atoms with E-state index >= 15 is 0 Å². The number of hydrogen-bond acceptors (Lipinski definition) is 4. The molecule has 1 aromatic heterocycles. The third kappa shape index (κ3) is 2.87. The quantitative estimate of drug-likeness (QED) is 0.626. The first-order valence-electron chi connectivity index (χ1n) is 4.88. The number of rotatable bonds is 1. The topological polar surface area (TPSA) is 67.6 Å². The molecular weight excluding hydrogens is 284 g/mol. The van der Waals surface area contributed by atoms with Crippen LogP contribution < -0.4 is 5.73 Å². The van der Waals surface area contributed by atoms with Crippen molar-refractivity contribution in [2.24, 2.45) is 0 Å². The highest BCUT2D eigenvalue weighted by atomic mass is 32.1. The number of hydrogen-bond donors (Lipinski definition) is 2. The van der Waals surface area contributed by atoms with Crippen LogP contribution in [0, 0.1) is 10.6 Å². The number of nitrogens with zero attached hydrogens (tertiary/aromatic N) is 2. The Labute approximate surface area is 109 Å². The third-order valence-corrected chi connectivity index (χ3v) is 2.40. The number of alkyl halides is 3. The zero-order valence-corrected chi connectivity index (χ0v) is 9.94. The molecule has 0 aliphatic carbocycles. The maximum atomic E-state index is 13.6. The van der Waals surface area contributed by atoms with Crippen LogP contribution in [-0.4, -0.2) is 15.0 Å². The molecule has 0 bridgehead atoms. The number of nitrogens with one attached hydrogen (secondary N) is 1. The number of benzene rings is 1. The Bertz CT molecular complexity index is 680. The van der Waals surface area contributed by atoms with E-state index in [1.807, 2.05) is 0 Å². The van der Waals surface area contributed by atoms with Crippen LogP contribution in [-0.2, 0) is 6.18 Å². The van der Waals surface area contributed by atoms with Gasteiger partial charge in [-0.1, -0.05) is 0 Å². The van der Waals surface area contributed by atoms with Crippen LogP contribution in [0.1, 0.15) is 5.56 Å². The van der Waals surface area contributed by atoms with Gasteiger partial charge in [-0.3, -0.25) is 0 Å². The Morgan fingerprint density at radius 3 is 2.47 bits per heavy atom. The highest BCUT2D eigenvalue weighted by Crippen LogP contribution is 2.32. The van der Waals surface area contributed by atoms with Gasteiger partial charge in [0.2, 0.25) is 10.7 Å². The van der Waals surface area contributed by atoms with Gasteiger partial charge in [0.15, 0.2) is 0 Å². The Balaban J connectivity index is 2.64. The Morgan fingerprint density at radius 2 is 1.89 bits per heavy atom. The van der Waals surface area contributed by atoms with E-state index in [2.05, 4.69) is 27.2 Å². The molecule has 9 heteroatoms. The lowest BCUT2D eigenvalue weighted by atomic mass is 10.1. The molecule has 100 valence electrons. The summed E-state index contributed by atoms with van der Waals surface area (Å²) in [6, 6.07) is 1.97. The molecule has 0 aliphatic heterocycles. The molecule has 3 N–H and O–H groups in total. The summed E-state index contributed by atoms with van der Waals surface area (Å²) in [6.45, 7) is 0. The molecule has 0 aliphatic rings. The normalized spacial score (nSPS) is 11.6. The number of nitrogen functional groups attached to an aromatic ring is 1. The van der Waals surface area contributed by atoms with Crippen LogP contribution in [0.4, 0.5) is 23.5 Å². The number of nitrogens with two attached hydrogens (primary N) is 1. The SMILES string of the molecule is Nc1nc(=S)nc(-c2cc(C(F)(F)F)ccc2F)[nH]1. The molecule has 0 amide bonds. The summed E-state index contributed by atoms with van der Waals surface area (Å²) in [4.78, 5) is 9.56. The molecule has 2 aromatic rings. The molecule has 2 rings (SSSR count). The lowest BCUT2D eigenvalue weighted by Gasteiger charge is -2.09. The smallest absolute Gasteiger partial charge is 0.369 e. The standard InChI is InChI=1S/C10H6F4N4S/c11-6-2-1-4(10(12,13)14)3-5(6)7-16-8(15)18-9(19)17-7/h1-3H,(H3,15,16,17,18,19). The number of H-pyrrole nitrogens is 1. The van der Waals surface area contributed by atoms with Crippen molar-refractivity contribution in [2.45, 2.75) is 6.18 Å². The molecule has 0 spiro atoms. The Hall–Kier alpha value is -2.03. The summed E-state index contributed by atoms with van der Waals surface area (Å²) in [5.74, 6) is -1.25. The molecule has 0 saturated carbocycles. The number of aromatic amines is 1. The van der Waals surface area contributed by atoms with Crippen LogP contribution in [0.25, 0.3) is 11.4 Å². The van der Waals surface area contributed by atoms with Gasteiger partial charge in [0.05, 0.1) is 11.1 Å². The summed E-state index contributed by atoms with van der Waals surface area (Å²) in [6.07, 6.45) is -4.59. The largest absolute Gasteiger partial charge is 0.416 e. The minimum atomic E-state index is -4.59. The lowest BCUT2D eigenvalue weighted by Crippen LogP contribution is -2.07. The highest BCUT2D eigenvalue weighted by molar-refractivity contribution is 7.71. The van der Waals surface area contributed by atoms with Gasteiger partial charge in [0.1, 0.15) is 11.6 Å². The summed E-state index contributed by atoms with van der Waals surface area (Å²) >= 11 is 4.67. The predicted molar refractivity (Wildman–Crippen MR) is 62.0 cm³/mol. The lowest BCUT2D eigenvalue weighted by molar-refractivity contribution is -0.137. The highest BCUT2D eigenvalue weighted by Gasteiger charge is 2.31. The fourth-order valence-corrected chi connectivity index (χ4v) is 1.60. The van der Waals surface area contributed by atoms with E-state index in [0.717, 1.165) is 0 Å². The fourth-order valence-electron chi connectivity index (χ4n) is 1.41. The van der Waals surface area contributed by atoms with Crippen molar-refractivity contribution in [3.8, 4) is 11.4 Å². The monoisotopic (exact) mass is 290 g/mol. The van der Waals surface area contributed by atoms with Crippen molar-refractivity contribution >= 4 is 18.2 Å². The summed E-state index contributed by atoms with van der Waals surface area (Å²) in [7, 11) is 0. The maximum absolute atomic E-state index is 13.6. The average Bonchev–Trinajstić information content (AvgIpc) is 2.26.